The first-order valence-electron chi connectivity index (χ1n) is 9.26. The highest BCUT2D eigenvalue weighted by atomic mass is 15.1. The summed E-state index contributed by atoms with van der Waals surface area (Å²) in [5.41, 5.74) is 0.437. The average molecular weight is 336 g/mol. The van der Waals surface area contributed by atoms with Gasteiger partial charge in [0.05, 0.1) is 0 Å². The summed E-state index contributed by atoms with van der Waals surface area (Å²) in [5.74, 6) is 1.69. The summed E-state index contributed by atoms with van der Waals surface area (Å²) >= 11 is 0. The van der Waals surface area contributed by atoms with Gasteiger partial charge in [-0.1, -0.05) is 12.8 Å². The Morgan fingerprint density at radius 2 is 1.92 bits per heavy atom. The molecule has 1 saturated heterocycles. The minimum atomic E-state index is 0.413. The zero-order valence-electron chi connectivity index (χ0n) is 14.4. The summed E-state index contributed by atoms with van der Waals surface area (Å²) in [6.07, 6.45) is 9.05. The van der Waals surface area contributed by atoms with Crippen molar-refractivity contribution in [1.29, 1.82) is 5.26 Å². The van der Waals surface area contributed by atoms with Crippen LogP contribution in [-0.4, -0.2) is 35.1 Å². The summed E-state index contributed by atoms with van der Waals surface area (Å²) in [5, 5.41) is 21.8. The van der Waals surface area contributed by atoms with E-state index in [1.807, 2.05) is 12.3 Å². The van der Waals surface area contributed by atoms with Crippen molar-refractivity contribution < 1.29 is 0 Å². The lowest BCUT2D eigenvalue weighted by Crippen LogP contribution is -2.38. The van der Waals surface area contributed by atoms with Gasteiger partial charge in [0.2, 0.25) is 0 Å². The fourth-order valence-corrected chi connectivity index (χ4v) is 3.84. The fraction of sp³-hybridized carbons (Fsp3) is 0.526. The van der Waals surface area contributed by atoms with Crippen LogP contribution >= 0.6 is 0 Å². The van der Waals surface area contributed by atoms with Gasteiger partial charge in [0.25, 0.3) is 0 Å². The number of anilines is 2. The molecule has 1 aliphatic heterocycles. The van der Waals surface area contributed by atoms with Crippen molar-refractivity contribution in [3.63, 3.8) is 0 Å². The minimum Gasteiger partial charge on any atom is -0.367 e. The maximum absolute atomic E-state index is 9.27. The molecule has 6 heteroatoms. The van der Waals surface area contributed by atoms with E-state index in [9.17, 15) is 5.26 Å². The van der Waals surface area contributed by atoms with Crippen LogP contribution in [0.15, 0.2) is 18.3 Å². The second kappa shape index (κ2) is 7.24. The number of pyridine rings is 2. The molecule has 3 N–H and O–H groups in total. The van der Waals surface area contributed by atoms with E-state index in [1.54, 1.807) is 0 Å². The van der Waals surface area contributed by atoms with Crippen molar-refractivity contribution >= 4 is 22.4 Å². The van der Waals surface area contributed by atoms with Gasteiger partial charge in [-0.3, -0.25) is 0 Å². The van der Waals surface area contributed by atoms with Gasteiger partial charge in [-0.05, 0) is 44.4 Å². The molecule has 2 aromatic heterocycles. The molecule has 1 aliphatic carbocycles. The molecule has 3 heterocycles. The number of nitrogens with one attached hydrogen (secondary N) is 3. The van der Waals surface area contributed by atoms with Gasteiger partial charge in [-0.25, -0.2) is 9.97 Å². The van der Waals surface area contributed by atoms with Crippen LogP contribution < -0.4 is 16.0 Å². The highest BCUT2D eigenvalue weighted by molar-refractivity contribution is 5.93. The van der Waals surface area contributed by atoms with Crippen molar-refractivity contribution in [2.45, 2.75) is 50.6 Å². The predicted octanol–water partition coefficient (Wildman–Crippen LogP) is 3.02. The van der Waals surface area contributed by atoms with Crippen molar-refractivity contribution in [3.05, 3.63) is 24.0 Å². The molecule has 0 unspecified atom stereocenters. The standard InChI is InChI=1S/C19H24N6/c20-10-16-8-13-11-22-18(23-15-6-3-7-21-12-15)9-17(13)19(25-16)24-14-4-1-2-5-14/h8-9,11,14-15,21H,1-7,12H2,(H,22,23)(H,24,25)/t15-/m0/s1. The number of hydrogen-bond acceptors (Lipinski definition) is 6. The molecular weight excluding hydrogens is 312 g/mol. The topological polar surface area (TPSA) is 85.7 Å². The lowest BCUT2D eigenvalue weighted by atomic mass is 10.1. The van der Waals surface area contributed by atoms with Crippen molar-refractivity contribution in [1.82, 2.24) is 15.3 Å². The first-order chi connectivity index (χ1) is 12.3. The first kappa shape index (κ1) is 16.1. The normalized spacial score (nSPS) is 21.2. The molecule has 0 bridgehead atoms. The van der Waals surface area contributed by atoms with Crippen LogP contribution in [0.2, 0.25) is 0 Å². The maximum Gasteiger partial charge on any atom is 0.143 e. The highest BCUT2D eigenvalue weighted by Crippen LogP contribution is 2.28. The van der Waals surface area contributed by atoms with Crippen molar-refractivity contribution in [2.75, 3.05) is 23.7 Å². The van der Waals surface area contributed by atoms with E-state index in [-0.39, 0.29) is 0 Å². The van der Waals surface area contributed by atoms with Crippen LogP contribution in [0.5, 0.6) is 0 Å². The molecule has 1 saturated carbocycles. The van der Waals surface area contributed by atoms with E-state index in [0.717, 1.165) is 41.9 Å². The summed E-state index contributed by atoms with van der Waals surface area (Å²) in [6, 6.07) is 6.91. The first-order valence-corrected chi connectivity index (χ1v) is 9.26. The number of hydrogen-bond donors (Lipinski definition) is 3. The Bertz CT molecular complexity index is 784. The minimum absolute atomic E-state index is 0.413. The summed E-state index contributed by atoms with van der Waals surface area (Å²) < 4.78 is 0. The molecule has 130 valence electrons. The zero-order valence-corrected chi connectivity index (χ0v) is 14.4. The number of aromatic nitrogens is 2. The molecule has 2 aromatic rings. The summed E-state index contributed by atoms with van der Waals surface area (Å²) in [6.45, 7) is 2.07. The Balaban J connectivity index is 1.65. The number of piperidine rings is 1. The Labute approximate surface area is 148 Å². The van der Waals surface area contributed by atoms with E-state index < -0.39 is 0 Å². The second-order valence-corrected chi connectivity index (χ2v) is 7.07. The van der Waals surface area contributed by atoms with Gasteiger partial charge < -0.3 is 16.0 Å². The third kappa shape index (κ3) is 3.67. The third-order valence-corrected chi connectivity index (χ3v) is 5.17. The number of nitriles is 1. The van der Waals surface area contributed by atoms with E-state index in [1.165, 1.54) is 32.1 Å². The van der Waals surface area contributed by atoms with Crippen LogP contribution in [0.25, 0.3) is 10.8 Å². The van der Waals surface area contributed by atoms with Gasteiger partial charge in [0, 0.05) is 35.6 Å². The molecule has 4 rings (SSSR count). The van der Waals surface area contributed by atoms with E-state index in [2.05, 4.69) is 38.1 Å². The number of nitrogens with zero attached hydrogens (tertiary/aromatic N) is 3. The molecule has 0 spiro atoms. The smallest absolute Gasteiger partial charge is 0.143 e. The Morgan fingerprint density at radius 1 is 1.08 bits per heavy atom. The molecule has 0 amide bonds. The van der Waals surface area contributed by atoms with Gasteiger partial charge in [-0.2, -0.15) is 5.26 Å². The molecule has 6 nitrogen and oxygen atoms in total. The van der Waals surface area contributed by atoms with Crippen LogP contribution in [0.3, 0.4) is 0 Å². The van der Waals surface area contributed by atoms with Crippen molar-refractivity contribution in [3.8, 4) is 6.07 Å². The lowest BCUT2D eigenvalue weighted by Gasteiger charge is -2.24. The van der Waals surface area contributed by atoms with Crippen LogP contribution in [0.4, 0.5) is 11.6 Å². The highest BCUT2D eigenvalue weighted by Gasteiger charge is 2.18. The number of fused-ring (bicyclic) bond motifs is 1. The van der Waals surface area contributed by atoms with Crippen LogP contribution in [0, 0.1) is 11.3 Å². The Hall–Kier alpha value is -2.39. The van der Waals surface area contributed by atoms with Crippen LogP contribution in [-0.2, 0) is 0 Å². The molecule has 0 aromatic carbocycles. The zero-order chi connectivity index (χ0) is 17.1. The average Bonchev–Trinajstić information content (AvgIpc) is 3.16. The summed E-state index contributed by atoms with van der Waals surface area (Å²) in [7, 11) is 0. The maximum atomic E-state index is 9.27. The van der Waals surface area contributed by atoms with Crippen LogP contribution in [0.1, 0.15) is 44.2 Å². The fourth-order valence-electron chi connectivity index (χ4n) is 3.84. The Morgan fingerprint density at radius 3 is 2.68 bits per heavy atom. The van der Waals surface area contributed by atoms with Gasteiger partial charge >= 0.3 is 0 Å². The lowest BCUT2D eigenvalue weighted by molar-refractivity contribution is 0.479. The molecule has 2 fully saturated rings. The monoisotopic (exact) mass is 336 g/mol. The number of rotatable bonds is 4. The van der Waals surface area contributed by atoms with Gasteiger partial charge in [0.15, 0.2) is 0 Å². The largest absolute Gasteiger partial charge is 0.367 e. The molecule has 2 aliphatic rings. The van der Waals surface area contributed by atoms with E-state index in [4.69, 9.17) is 0 Å². The summed E-state index contributed by atoms with van der Waals surface area (Å²) in [4.78, 5) is 9.08. The molecule has 1 atom stereocenters. The van der Waals surface area contributed by atoms with Gasteiger partial charge in [0.1, 0.15) is 23.4 Å². The van der Waals surface area contributed by atoms with E-state index >= 15 is 0 Å². The molecule has 25 heavy (non-hydrogen) atoms. The molecule has 0 radical (unpaired) electrons. The Kier molecular flexibility index (Phi) is 4.66. The van der Waals surface area contributed by atoms with Crippen molar-refractivity contribution in [2.24, 2.45) is 0 Å². The predicted molar refractivity (Wildman–Crippen MR) is 99.6 cm³/mol. The van der Waals surface area contributed by atoms with E-state index in [0.29, 0.717) is 17.8 Å². The van der Waals surface area contributed by atoms with Gasteiger partial charge in [-0.15, -0.1) is 0 Å². The SMILES string of the molecule is N#Cc1cc2cnc(N[C@H]3CCCNC3)cc2c(NC2CCCC2)n1. The third-order valence-electron chi connectivity index (χ3n) is 5.17. The second-order valence-electron chi connectivity index (χ2n) is 7.07. The molecular formula is C19H24N6. The quantitative estimate of drug-likeness (QED) is 0.796.